The van der Waals surface area contributed by atoms with E-state index < -0.39 is 0 Å². The predicted octanol–water partition coefficient (Wildman–Crippen LogP) is 4.09. The van der Waals surface area contributed by atoms with Crippen LogP contribution in [0.1, 0.15) is 16.7 Å². The van der Waals surface area contributed by atoms with E-state index >= 15 is 0 Å². The van der Waals surface area contributed by atoms with Crippen LogP contribution in [-0.4, -0.2) is 23.2 Å². The quantitative estimate of drug-likeness (QED) is 0.624. The molecule has 7 heteroatoms. The van der Waals surface area contributed by atoms with Crippen molar-refractivity contribution in [1.29, 1.82) is 0 Å². The Morgan fingerprint density at radius 3 is 2.81 bits per heavy atom. The van der Waals surface area contributed by atoms with E-state index in [1.807, 2.05) is 36.4 Å². The first-order chi connectivity index (χ1) is 13.2. The van der Waals surface area contributed by atoms with Gasteiger partial charge >= 0.3 is 0 Å². The maximum absolute atomic E-state index is 11.9. The second kappa shape index (κ2) is 8.95. The maximum atomic E-state index is 11.9. The Morgan fingerprint density at radius 2 is 2.07 bits per heavy atom. The van der Waals surface area contributed by atoms with Gasteiger partial charge in [-0.3, -0.25) is 10.1 Å². The second-order valence-corrected chi connectivity index (χ2v) is 6.53. The first kappa shape index (κ1) is 18.6. The van der Waals surface area contributed by atoms with Gasteiger partial charge in [-0.05, 0) is 41.8 Å². The molecule has 0 aliphatic carbocycles. The summed E-state index contributed by atoms with van der Waals surface area (Å²) in [4.78, 5) is 11.9. The van der Waals surface area contributed by atoms with Crippen molar-refractivity contribution in [3.8, 4) is 11.5 Å². The number of methoxy groups -OCH3 is 1. The molecule has 0 spiro atoms. The zero-order chi connectivity index (χ0) is 19.1. The highest BCUT2D eigenvalue weighted by Crippen LogP contribution is 2.29. The Morgan fingerprint density at radius 1 is 1.22 bits per heavy atom. The van der Waals surface area contributed by atoms with Crippen LogP contribution < -0.4 is 14.8 Å². The van der Waals surface area contributed by atoms with E-state index in [4.69, 9.17) is 9.47 Å². The van der Waals surface area contributed by atoms with Crippen molar-refractivity contribution < 1.29 is 14.3 Å². The molecule has 0 radical (unpaired) electrons. The lowest BCUT2D eigenvalue weighted by molar-refractivity contribution is -0.111. The summed E-state index contributed by atoms with van der Waals surface area (Å²) in [6.07, 6.45) is 3.13. The number of carbonyl (C=O) groups excluding carboxylic acids is 1. The molecule has 1 amide bonds. The van der Waals surface area contributed by atoms with Crippen LogP contribution >= 0.6 is 11.3 Å². The van der Waals surface area contributed by atoms with Crippen molar-refractivity contribution >= 4 is 28.5 Å². The van der Waals surface area contributed by atoms with Gasteiger partial charge in [0.15, 0.2) is 11.5 Å². The highest BCUT2D eigenvalue weighted by molar-refractivity contribution is 7.13. The van der Waals surface area contributed by atoms with Crippen LogP contribution in [0.2, 0.25) is 0 Å². The lowest BCUT2D eigenvalue weighted by Gasteiger charge is -2.12. The maximum Gasteiger partial charge on any atom is 0.250 e. The smallest absolute Gasteiger partial charge is 0.250 e. The first-order valence-electron chi connectivity index (χ1n) is 8.26. The minimum absolute atomic E-state index is 0.273. The van der Waals surface area contributed by atoms with Crippen LogP contribution in [0.3, 0.4) is 0 Å². The molecule has 0 atom stereocenters. The number of nitrogens with zero attached hydrogens (tertiary/aromatic N) is 2. The molecular formula is C20H19N3O3S. The number of carbonyl (C=O) groups is 1. The summed E-state index contributed by atoms with van der Waals surface area (Å²) >= 11 is 1.26. The third-order valence-electron chi connectivity index (χ3n) is 3.85. The van der Waals surface area contributed by atoms with Crippen LogP contribution in [0.15, 0.2) is 54.1 Å². The van der Waals surface area contributed by atoms with Crippen molar-refractivity contribution in [3.63, 3.8) is 0 Å². The van der Waals surface area contributed by atoms with Gasteiger partial charge in [0.1, 0.15) is 12.1 Å². The molecule has 27 heavy (non-hydrogen) atoms. The van der Waals surface area contributed by atoms with E-state index in [1.54, 1.807) is 18.7 Å². The molecule has 0 unspecified atom stereocenters. The average molecular weight is 381 g/mol. The van der Waals surface area contributed by atoms with Gasteiger partial charge < -0.3 is 9.47 Å². The number of aryl methyl sites for hydroxylation is 1. The molecule has 2 aromatic carbocycles. The Kier molecular flexibility index (Phi) is 6.17. The zero-order valence-corrected chi connectivity index (χ0v) is 15.8. The molecule has 6 nitrogen and oxygen atoms in total. The molecule has 0 aliphatic heterocycles. The molecule has 3 aromatic rings. The first-order valence-corrected chi connectivity index (χ1v) is 9.14. The van der Waals surface area contributed by atoms with Crippen LogP contribution in [0.4, 0.5) is 5.13 Å². The number of benzene rings is 2. The third kappa shape index (κ3) is 5.15. The lowest BCUT2D eigenvalue weighted by atomic mass is 10.1. The SMILES string of the molecule is COc1cc(/C=C/C(=O)Nc2nncs2)ccc1OCc1ccccc1C. The summed E-state index contributed by atoms with van der Waals surface area (Å²) in [6.45, 7) is 2.51. The van der Waals surface area contributed by atoms with Crippen molar-refractivity contribution in [2.24, 2.45) is 0 Å². The van der Waals surface area contributed by atoms with Gasteiger partial charge in [0.05, 0.1) is 7.11 Å². The number of rotatable bonds is 7. The normalized spacial score (nSPS) is 10.7. The topological polar surface area (TPSA) is 73.3 Å². The van der Waals surface area contributed by atoms with E-state index in [-0.39, 0.29) is 5.91 Å². The van der Waals surface area contributed by atoms with Gasteiger partial charge in [0.25, 0.3) is 0 Å². The summed E-state index contributed by atoms with van der Waals surface area (Å²) in [5, 5.41) is 10.5. The molecule has 0 bridgehead atoms. The number of ether oxygens (including phenoxy) is 2. The van der Waals surface area contributed by atoms with Crippen molar-refractivity contribution in [3.05, 3.63) is 70.7 Å². The number of anilines is 1. The third-order valence-corrected chi connectivity index (χ3v) is 4.46. The number of hydrogen-bond donors (Lipinski definition) is 1. The van der Waals surface area contributed by atoms with Gasteiger partial charge in [0, 0.05) is 6.08 Å². The minimum Gasteiger partial charge on any atom is -0.493 e. The van der Waals surface area contributed by atoms with Crippen molar-refractivity contribution in [1.82, 2.24) is 10.2 Å². The largest absolute Gasteiger partial charge is 0.493 e. The van der Waals surface area contributed by atoms with E-state index in [9.17, 15) is 4.79 Å². The zero-order valence-electron chi connectivity index (χ0n) is 15.0. The van der Waals surface area contributed by atoms with Crippen LogP contribution in [0.5, 0.6) is 11.5 Å². The number of hydrogen-bond acceptors (Lipinski definition) is 6. The average Bonchev–Trinajstić information content (AvgIpc) is 3.19. The monoisotopic (exact) mass is 381 g/mol. The summed E-state index contributed by atoms with van der Waals surface area (Å²) in [6, 6.07) is 13.6. The molecule has 0 fully saturated rings. The Labute approximate surface area is 161 Å². The molecule has 138 valence electrons. The lowest BCUT2D eigenvalue weighted by Crippen LogP contribution is -2.07. The van der Waals surface area contributed by atoms with Crippen molar-refractivity contribution in [2.45, 2.75) is 13.5 Å². The number of amides is 1. The van der Waals surface area contributed by atoms with Gasteiger partial charge in [-0.1, -0.05) is 41.7 Å². The molecule has 0 aliphatic rings. The summed E-state index contributed by atoms with van der Waals surface area (Å²) in [5.74, 6) is 0.983. The summed E-state index contributed by atoms with van der Waals surface area (Å²) in [7, 11) is 1.59. The Bertz CT molecular complexity index is 939. The number of aromatic nitrogens is 2. The molecule has 0 saturated heterocycles. The van der Waals surface area contributed by atoms with E-state index in [2.05, 4.69) is 28.5 Å². The van der Waals surface area contributed by atoms with E-state index in [0.717, 1.165) is 11.1 Å². The summed E-state index contributed by atoms with van der Waals surface area (Å²) in [5.41, 5.74) is 4.68. The standard InChI is InChI=1S/C20H19N3O3S/c1-14-5-3-4-6-16(14)12-26-17-9-7-15(11-18(17)25-2)8-10-19(24)22-20-23-21-13-27-20/h3-11,13H,12H2,1-2H3,(H,22,23,24)/b10-8+. The van der Waals surface area contributed by atoms with Crippen molar-refractivity contribution in [2.75, 3.05) is 12.4 Å². The second-order valence-electron chi connectivity index (χ2n) is 5.69. The Hall–Kier alpha value is -3.19. The fourth-order valence-electron chi connectivity index (χ4n) is 2.38. The molecule has 1 N–H and O–H groups in total. The predicted molar refractivity (Wildman–Crippen MR) is 106 cm³/mol. The molecule has 1 aromatic heterocycles. The van der Waals surface area contributed by atoms with Crippen LogP contribution in [0, 0.1) is 6.92 Å². The summed E-state index contributed by atoms with van der Waals surface area (Å²) < 4.78 is 11.3. The van der Waals surface area contributed by atoms with Gasteiger partial charge in [-0.15, -0.1) is 10.2 Å². The highest BCUT2D eigenvalue weighted by Gasteiger charge is 2.07. The molecule has 1 heterocycles. The van der Waals surface area contributed by atoms with Gasteiger partial charge in [-0.25, -0.2) is 0 Å². The minimum atomic E-state index is -0.273. The molecule has 0 saturated carbocycles. The van der Waals surface area contributed by atoms with Gasteiger partial charge in [-0.2, -0.15) is 0 Å². The fraction of sp³-hybridized carbons (Fsp3) is 0.150. The van der Waals surface area contributed by atoms with Crippen LogP contribution in [-0.2, 0) is 11.4 Å². The van der Waals surface area contributed by atoms with E-state index in [1.165, 1.54) is 23.0 Å². The fourth-order valence-corrected chi connectivity index (χ4v) is 2.83. The van der Waals surface area contributed by atoms with Gasteiger partial charge in [0.2, 0.25) is 11.0 Å². The number of nitrogens with one attached hydrogen (secondary N) is 1. The highest BCUT2D eigenvalue weighted by atomic mass is 32.1. The van der Waals surface area contributed by atoms with Crippen LogP contribution in [0.25, 0.3) is 6.08 Å². The molecular weight excluding hydrogens is 362 g/mol. The van der Waals surface area contributed by atoms with E-state index in [0.29, 0.717) is 23.2 Å². The molecule has 3 rings (SSSR count). The Balaban J connectivity index is 1.65.